The quantitative estimate of drug-likeness (QED) is 0.872. The van der Waals surface area contributed by atoms with E-state index in [-0.39, 0.29) is 0 Å². The SMILES string of the molecule is CCCc1c(C2CC3CCC2C3)nn(C)c1N. The van der Waals surface area contributed by atoms with E-state index in [0.29, 0.717) is 5.92 Å². The van der Waals surface area contributed by atoms with Gasteiger partial charge in [-0.1, -0.05) is 19.8 Å². The fourth-order valence-corrected chi connectivity index (χ4v) is 3.99. The Morgan fingerprint density at radius 2 is 2.18 bits per heavy atom. The van der Waals surface area contributed by atoms with Crippen molar-refractivity contribution in [2.45, 2.75) is 51.4 Å². The molecule has 3 rings (SSSR count). The van der Waals surface area contributed by atoms with E-state index in [2.05, 4.69) is 6.92 Å². The molecule has 3 unspecified atom stereocenters. The summed E-state index contributed by atoms with van der Waals surface area (Å²) < 4.78 is 1.88. The summed E-state index contributed by atoms with van der Waals surface area (Å²) in [7, 11) is 1.98. The number of rotatable bonds is 3. The molecular formula is C14H23N3. The van der Waals surface area contributed by atoms with Crippen molar-refractivity contribution in [2.75, 3.05) is 5.73 Å². The average molecular weight is 233 g/mol. The third-order valence-electron chi connectivity index (χ3n) is 4.81. The molecule has 2 saturated carbocycles. The summed E-state index contributed by atoms with van der Waals surface area (Å²) in [4.78, 5) is 0. The summed E-state index contributed by atoms with van der Waals surface area (Å²) in [5, 5.41) is 4.72. The van der Waals surface area contributed by atoms with Crippen LogP contribution in [0.15, 0.2) is 0 Å². The number of anilines is 1. The Kier molecular flexibility index (Phi) is 2.64. The van der Waals surface area contributed by atoms with Gasteiger partial charge in [0.2, 0.25) is 0 Å². The Hall–Kier alpha value is -0.990. The zero-order valence-electron chi connectivity index (χ0n) is 10.9. The molecule has 0 radical (unpaired) electrons. The number of aryl methyl sites for hydroxylation is 1. The van der Waals surface area contributed by atoms with Crippen LogP contribution >= 0.6 is 0 Å². The highest BCUT2D eigenvalue weighted by Crippen LogP contribution is 2.53. The predicted octanol–water partition coefficient (Wildman–Crippen LogP) is 2.86. The highest BCUT2D eigenvalue weighted by atomic mass is 15.3. The Morgan fingerprint density at radius 1 is 1.35 bits per heavy atom. The second-order valence-corrected chi connectivity index (χ2v) is 5.90. The second kappa shape index (κ2) is 4.04. The Labute approximate surface area is 103 Å². The summed E-state index contributed by atoms with van der Waals surface area (Å²) in [6.07, 6.45) is 7.90. The number of hydrogen-bond acceptors (Lipinski definition) is 2. The molecule has 0 amide bonds. The zero-order chi connectivity index (χ0) is 12.0. The van der Waals surface area contributed by atoms with Gasteiger partial charge in [0.25, 0.3) is 0 Å². The van der Waals surface area contributed by atoms with Crippen molar-refractivity contribution in [3.05, 3.63) is 11.3 Å². The minimum atomic E-state index is 0.707. The number of fused-ring (bicyclic) bond motifs is 2. The molecule has 0 spiro atoms. The highest BCUT2D eigenvalue weighted by molar-refractivity contribution is 5.45. The minimum absolute atomic E-state index is 0.707. The molecule has 2 aliphatic rings. The number of nitrogen functional groups attached to an aromatic ring is 1. The van der Waals surface area contributed by atoms with Crippen molar-refractivity contribution in [1.82, 2.24) is 9.78 Å². The summed E-state index contributed by atoms with van der Waals surface area (Å²) in [6, 6.07) is 0. The van der Waals surface area contributed by atoms with Crippen LogP contribution in [-0.4, -0.2) is 9.78 Å². The van der Waals surface area contributed by atoms with Gasteiger partial charge in [-0.05, 0) is 37.5 Å². The lowest BCUT2D eigenvalue weighted by Crippen LogP contribution is -2.11. The van der Waals surface area contributed by atoms with Crippen LogP contribution in [0.3, 0.4) is 0 Å². The van der Waals surface area contributed by atoms with Crippen molar-refractivity contribution in [2.24, 2.45) is 18.9 Å². The lowest BCUT2D eigenvalue weighted by molar-refractivity contribution is 0.408. The molecule has 2 aliphatic carbocycles. The van der Waals surface area contributed by atoms with E-state index >= 15 is 0 Å². The van der Waals surface area contributed by atoms with Crippen LogP contribution in [0.1, 0.15) is 56.2 Å². The molecule has 94 valence electrons. The molecule has 3 atom stereocenters. The third-order valence-corrected chi connectivity index (χ3v) is 4.81. The smallest absolute Gasteiger partial charge is 0.124 e. The van der Waals surface area contributed by atoms with Gasteiger partial charge in [0.05, 0.1) is 5.69 Å². The molecule has 1 aromatic heterocycles. The second-order valence-electron chi connectivity index (χ2n) is 5.90. The normalized spacial score (nSPS) is 31.3. The van der Waals surface area contributed by atoms with E-state index < -0.39 is 0 Å². The standard InChI is InChI=1S/C14H23N3/c1-3-4-11-13(16-17(2)14(11)15)12-8-9-5-6-10(12)7-9/h9-10,12H,3-8,15H2,1-2H3. The lowest BCUT2D eigenvalue weighted by Gasteiger charge is -2.20. The molecule has 3 nitrogen and oxygen atoms in total. The largest absolute Gasteiger partial charge is 0.384 e. The molecule has 3 heteroatoms. The van der Waals surface area contributed by atoms with E-state index in [1.165, 1.54) is 36.9 Å². The van der Waals surface area contributed by atoms with Crippen LogP contribution < -0.4 is 5.73 Å². The Bertz CT molecular complexity index is 421. The maximum absolute atomic E-state index is 6.16. The van der Waals surface area contributed by atoms with Gasteiger partial charge in [-0.2, -0.15) is 5.10 Å². The lowest BCUT2D eigenvalue weighted by atomic mass is 9.84. The maximum atomic E-state index is 6.16. The first-order valence-electron chi connectivity index (χ1n) is 7.02. The van der Waals surface area contributed by atoms with Crippen molar-refractivity contribution in [3.63, 3.8) is 0 Å². The third kappa shape index (κ3) is 1.67. The van der Waals surface area contributed by atoms with Gasteiger partial charge < -0.3 is 5.73 Å². The summed E-state index contributed by atoms with van der Waals surface area (Å²) in [6.45, 7) is 2.22. The first-order chi connectivity index (χ1) is 8.20. The van der Waals surface area contributed by atoms with Crippen LogP contribution in [0.5, 0.6) is 0 Å². The average Bonchev–Trinajstić information content (AvgIpc) is 2.99. The molecule has 0 aliphatic heterocycles. The van der Waals surface area contributed by atoms with E-state index in [1.807, 2.05) is 11.7 Å². The summed E-state index contributed by atoms with van der Waals surface area (Å²) >= 11 is 0. The molecule has 0 saturated heterocycles. The van der Waals surface area contributed by atoms with Gasteiger partial charge >= 0.3 is 0 Å². The fourth-order valence-electron chi connectivity index (χ4n) is 3.99. The van der Waals surface area contributed by atoms with Crippen LogP contribution in [0.4, 0.5) is 5.82 Å². The monoisotopic (exact) mass is 233 g/mol. The first-order valence-corrected chi connectivity index (χ1v) is 7.02. The molecule has 17 heavy (non-hydrogen) atoms. The molecular weight excluding hydrogens is 210 g/mol. The predicted molar refractivity (Wildman–Crippen MR) is 69.8 cm³/mol. The number of nitrogens with zero attached hydrogens (tertiary/aromatic N) is 2. The summed E-state index contributed by atoms with van der Waals surface area (Å²) in [5.41, 5.74) is 8.83. The fraction of sp³-hybridized carbons (Fsp3) is 0.786. The van der Waals surface area contributed by atoms with E-state index in [9.17, 15) is 0 Å². The maximum Gasteiger partial charge on any atom is 0.124 e. The van der Waals surface area contributed by atoms with Crippen LogP contribution in [0, 0.1) is 11.8 Å². The number of nitrogens with two attached hydrogens (primary N) is 1. The van der Waals surface area contributed by atoms with Crippen molar-refractivity contribution in [3.8, 4) is 0 Å². The van der Waals surface area contributed by atoms with E-state index in [4.69, 9.17) is 10.8 Å². The molecule has 2 N–H and O–H groups in total. The van der Waals surface area contributed by atoms with Crippen molar-refractivity contribution >= 4 is 5.82 Å². The molecule has 1 aromatic rings. The molecule has 1 heterocycles. The topological polar surface area (TPSA) is 43.8 Å². The van der Waals surface area contributed by atoms with Gasteiger partial charge in [0, 0.05) is 18.5 Å². The van der Waals surface area contributed by atoms with Crippen LogP contribution in [0.25, 0.3) is 0 Å². The van der Waals surface area contributed by atoms with Gasteiger partial charge in [0.1, 0.15) is 5.82 Å². The van der Waals surface area contributed by atoms with E-state index in [1.54, 1.807) is 0 Å². The molecule has 2 bridgehead atoms. The highest BCUT2D eigenvalue weighted by Gasteiger charge is 2.42. The molecule has 0 aromatic carbocycles. The van der Waals surface area contributed by atoms with Crippen LogP contribution in [0.2, 0.25) is 0 Å². The summed E-state index contributed by atoms with van der Waals surface area (Å²) in [5.74, 6) is 3.47. The minimum Gasteiger partial charge on any atom is -0.384 e. The van der Waals surface area contributed by atoms with Gasteiger partial charge in [-0.3, -0.25) is 4.68 Å². The number of hydrogen-bond donors (Lipinski definition) is 1. The van der Waals surface area contributed by atoms with Gasteiger partial charge in [-0.15, -0.1) is 0 Å². The van der Waals surface area contributed by atoms with E-state index in [0.717, 1.165) is 30.5 Å². The van der Waals surface area contributed by atoms with Gasteiger partial charge in [-0.25, -0.2) is 0 Å². The molecule has 2 fully saturated rings. The first kappa shape index (κ1) is 11.1. The zero-order valence-corrected chi connectivity index (χ0v) is 10.9. The van der Waals surface area contributed by atoms with Gasteiger partial charge in [0.15, 0.2) is 0 Å². The Morgan fingerprint density at radius 3 is 2.76 bits per heavy atom. The van der Waals surface area contributed by atoms with Crippen LogP contribution in [-0.2, 0) is 13.5 Å². The number of aromatic nitrogens is 2. The van der Waals surface area contributed by atoms with Crippen molar-refractivity contribution < 1.29 is 0 Å². The van der Waals surface area contributed by atoms with Crippen molar-refractivity contribution in [1.29, 1.82) is 0 Å². The Balaban J connectivity index is 1.94.